The minimum atomic E-state index is 0.543. The van der Waals surface area contributed by atoms with Crippen molar-refractivity contribution in [1.82, 2.24) is 13.7 Å². The first kappa shape index (κ1) is 39.9. The van der Waals surface area contributed by atoms with Crippen LogP contribution in [0, 0.1) is 22.7 Å². The second-order valence-electron chi connectivity index (χ2n) is 17.0. The molecule has 0 aliphatic rings. The summed E-state index contributed by atoms with van der Waals surface area (Å²) >= 11 is 0. The Labute approximate surface area is 391 Å². The van der Waals surface area contributed by atoms with E-state index in [1.807, 2.05) is 66.7 Å². The van der Waals surface area contributed by atoms with Crippen molar-refractivity contribution in [3.8, 4) is 17.8 Å². The van der Waals surface area contributed by atoms with Crippen LogP contribution in [0.3, 0.4) is 0 Å². The zero-order valence-corrected chi connectivity index (χ0v) is 36.8. The van der Waals surface area contributed by atoms with Crippen LogP contribution in [0.2, 0.25) is 0 Å². The molecule has 0 spiro atoms. The van der Waals surface area contributed by atoms with Crippen LogP contribution in [0.15, 0.2) is 235 Å². The highest BCUT2D eigenvalue weighted by atomic mass is 16.3. The third kappa shape index (κ3) is 6.48. The first-order valence-corrected chi connectivity index (χ1v) is 22.4. The van der Waals surface area contributed by atoms with E-state index in [2.05, 4.69) is 173 Å². The fraction of sp³-hybridized carbons (Fsp3) is 0. The number of furan rings is 1. The van der Waals surface area contributed by atoms with Gasteiger partial charge in [0.05, 0.1) is 50.8 Å². The minimum absolute atomic E-state index is 0.543. The molecule has 4 heterocycles. The average molecular weight is 870 g/mol. The maximum Gasteiger partial charge on any atom is 0.135 e. The van der Waals surface area contributed by atoms with Gasteiger partial charge in [-0.25, -0.2) is 0 Å². The fourth-order valence-corrected chi connectivity index (χ4v) is 9.96. The van der Waals surface area contributed by atoms with E-state index >= 15 is 0 Å². The summed E-state index contributed by atoms with van der Waals surface area (Å²) in [5.41, 5.74) is 13.5. The van der Waals surface area contributed by atoms with Crippen molar-refractivity contribution in [2.24, 2.45) is 0 Å². The Morgan fingerprint density at radius 2 is 1.07 bits per heavy atom. The Hall–Kier alpha value is -9.62. The van der Waals surface area contributed by atoms with Crippen molar-refractivity contribution in [3.05, 3.63) is 242 Å². The number of benzene rings is 8. The van der Waals surface area contributed by atoms with Crippen LogP contribution in [0.25, 0.3) is 111 Å². The van der Waals surface area contributed by atoms with Crippen molar-refractivity contribution in [1.29, 1.82) is 10.5 Å². The highest BCUT2D eigenvalue weighted by Gasteiger charge is 2.17. The lowest BCUT2D eigenvalue weighted by Crippen LogP contribution is -1.96. The molecule has 0 fully saturated rings. The second-order valence-corrected chi connectivity index (χ2v) is 17.0. The molecule has 0 bridgehead atoms. The van der Waals surface area contributed by atoms with Gasteiger partial charge < -0.3 is 18.1 Å². The molecular weight excluding hydrogens is 831 g/mol. The summed E-state index contributed by atoms with van der Waals surface area (Å²) in [7, 11) is 0. The standard InChI is InChI=1S/C62H39N5O/c1-40(41(2)35-45(14-13-32-63)67-59-23-11-6-17-49(59)51-28-25-42(39-64)36-60(51)67)34-44(43-26-30-62-54(37-43)52-19-7-12-24-61(52)68-62)31-33-65-55-20-8-3-18-50(55)53-38-46(27-29-56(53)65)66-57-21-9-4-15-47(57)48-16-5-10-22-58(48)66/h3-31,33-38H,1-2H2/b14-13+,33-31+,44-34+,45-35+. The molecule has 318 valence electrons. The number of hydrogen-bond acceptors (Lipinski definition) is 3. The molecule has 0 unspecified atom stereocenters. The van der Waals surface area contributed by atoms with Gasteiger partial charge in [-0.1, -0.05) is 116 Å². The zero-order chi connectivity index (χ0) is 45.9. The number of rotatable bonds is 9. The molecule has 68 heavy (non-hydrogen) atoms. The largest absolute Gasteiger partial charge is 0.456 e. The molecule has 12 aromatic rings. The number of nitrogens with zero attached hydrogens (tertiary/aromatic N) is 5. The van der Waals surface area contributed by atoms with E-state index in [1.54, 1.807) is 6.08 Å². The SMILES string of the molecule is C=C(/C=C(\C=C\n1c2ccccc2c2cc(-n3c4ccccc4c4ccccc43)ccc21)c1ccc2oc3ccccc3c2c1)C(=C)/C=C(\C=C\C#N)n1c2ccccc2c2ccc(C#N)cc21. The van der Waals surface area contributed by atoms with Crippen LogP contribution in [-0.4, -0.2) is 13.7 Å². The zero-order valence-electron chi connectivity index (χ0n) is 36.8. The van der Waals surface area contributed by atoms with Crippen LogP contribution < -0.4 is 0 Å². The van der Waals surface area contributed by atoms with Crippen molar-refractivity contribution in [3.63, 3.8) is 0 Å². The van der Waals surface area contributed by atoms with E-state index in [9.17, 15) is 10.5 Å². The van der Waals surface area contributed by atoms with Gasteiger partial charge in [0, 0.05) is 66.8 Å². The molecule has 6 heteroatoms. The molecule has 0 saturated carbocycles. The van der Waals surface area contributed by atoms with Crippen LogP contribution in [0.4, 0.5) is 0 Å². The maximum absolute atomic E-state index is 9.88. The number of aromatic nitrogens is 3. The number of hydrogen-bond donors (Lipinski definition) is 0. The Morgan fingerprint density at radius 1 is 0.485 bits per heavy atom. The Bertz CT molecular complexity index is 4280. The molecule has 0 amide bonds. The predicted molar refractivity (Wildman–Crippen MR) is 282 cm³/mol. The number of fused-ring (bicyclic) bond motifs is 12. The lowest BCUT2D eigenvalue weighted by atomic mass is 9.98. The van der Waals surface area contributed by atoms with E-state index in [-0.39, 0.29) is 0 Å². The molecule has 12 rings (SSSR count). The fourth-order valence-electron chi connectivity index (χ4n) is 9.96. The monoisotopic (exact) mass is 869 g/mol. The Kier molecular flexibility index (Phi) is 9.46. The van der Waals surface area contributed by atoms with Gasteiger partial charge in [0.2, 0.25) is 0 Å². The summed E-state index contributed by atoms with van der Waals surface area (Å²) in [6, 6.07) is 65.2. The van der Waals surface area contributed by atoms with Crippen molar-refractivity contribution >= 4 is 105 Å². The summed E-state index contributed by atoms with van der Waals surface area (Å²) in [5, 5.41) is 28.5. The van der Waals surface area contributed by atoms with Crippen molar-refractivity contribution < 1.29 is 4.42 Å². The summed E-state index contributed by atoms with van der Waals surface area (Å²) in [5.74, 6) is 0. The quantitative estimate of drug-likeness (QED) is 0.107. The van der Waals surface area contributed by atoms with Gasteiger partial charge >= 0.3 is 0 Å². The van der Waals surface area contributed by atoms with Gasteiger partial charge in [-0.3, -0.25) is 0 Å². The van der Waals surface area contributed by atoms with Gasteiger partial charge in [0.15, 0.2) is 0 Å². The molecule has 4 aromatic heterocycles. The second kappa shape index (κ2) is 16.1. The van der Waals surface area contributed by atoms with E-state index in [0.717, 1.165) is 82.4 Å². The highest BCUT2D eigenvalue weighted by molar-refractivity contribution is 6.13. The van der Waals surface area contributed by atoms with Crippen LogP contribution in [0.1, 0.15) is 11.1 Å². The summed E-state index contributed by atoms with van der Waals surface area (Å²) in [4.78, 5) is 0. The van der Waals surface area contributed by atoms with Gasteiger partial charge in [-0.15, -0.1) is 0 Å². The van der Waals surface area contributed by atoms with Gasteiger partial charge in [0.1, 0.15) is 11.2 Å². The van der Waals surface area contributed by atoms with Crippen molar-refractivity contribution in [2.45, 2.75) is 0 Å². The van der Waals surface area contributed by atoms with E-state index in [1.165, 1.54) is 27.9 Å². The number of para-hydroxylation sites is 5. The molecule has 8 aromatic carbocycles. The van der Waals surface area contributed by atoms with Gasteiger partial charge in [0.25, 0.3) is 0 Å². The minimum Gasteiger partial charge on any atom is -0.456 e. The van der Waals surface area contributed by atoms with E-state index in [4.69, 9.17) is 4.42 Å². The lowest BCUT2D eigenvalue weighted by molar-refractivity contribution is 0.669. The molecule has 0 aliphatic heterocycles. The van der Waals surface area contributed by atoms with E-state index < -0.39 is 0 Å². The van der Waals surface area contributed by atoms with Gasteiger partial charge in [-0.05, 0) is 119 Å². The first-order valence-electron chi connectivity index (χ1n) is 22.4. The normalized spacial score (nSPS) is 12.6. The highest BCUT2D eigenvalue weighted by Crippen LogP contribution is 2.38. The molecular formula is C62H39N5O. The third-order valence-corrected chi connectivity index (χ3v) is 13.1. The average Bonchev–Trinajstić information content (AvgIpc) is 4.12. The molecule has 0 radical (unpaired) electrons. The topological polar surface area (TPSA) is 75.5 Å². The van der Waals surface area contributed by atoms with Crippen molar-refractivity contribution in [2.75, 3.05) is 0 Å². The number of nitriles is 2. The smallest absolute Gasteiger partial charge is 0.135 e. The summed E-state index contributed by atoms with van der Waals surface area (Å²) in [6.07, 6.45) is 11.5. The molecule has 0 aliphatic carbocycles. The third-order valence-electron chi connectivity index (χ3n) is 13.1. The van der Waals surface area contributed by atoms with Crippen LogP contribution in [0.5, 0.6) is 0 Å². The Morgan fingerprint density at radius 3 is 1.79 bits per heavy atom. The van der Waals surface area contributed by atoms with Crippen LogP contribution in [-0.2, 0) is 0 Å². The Balaban J connectivity index is 1.00. The predicted octanol–water partition coefficient (Wildman–Crippen LogP) is 16.1. The maximum atomic E-state index is 9.88. The molecule has 0 atom stereocenters. The molecule has 0 saturated heterocycles. The summed E-state index contributed by atoms with van der Waals surface area (Å²) in [6.45, 7) is 9.13. The first-order chi connectivity index (χ1) is 33.5. The van der Waals surface area contributed by atoms with E-state index in [0.29, 0.717) is 22.4 Å². The molecule has 6 nitrogen and oxygen atoms in total. The number of allylic oxidation sites excluding steroid dienone is 9. The van der Waals surface area contributed by atoms with Crippen LogP contribution >= 0.6 is 0 Å². The molecule has 0 N–H and O–H groups in total. The van der Waals surface area contributed by atoms with Gasteiger partial charge in [-0.2, -0.15) is 10.5 Å². The summed E-state index contributed by atoms with van der Waals surface area (Å²) < 4.78 is 13.0. The lowest BCUT2D eigenvalue weighted by Gasteiger charge is -2.12.